The van der Waals surface area contributed by atoms with Gasteiger partial charge in [0, 0.05) is 25.5 Å². The second-order valence-electron chi connectivity index (χ2n) is 4.83. The highest BCUT2D eigenvalue weighted by Gasteiger charge is 2.10. The van der Waals surface area contributed by atoms with Crippen molar-refractivity contribution in [1.82, 2.24) is 4.57 Å². The number of rotatable bonds is 4. The molecule has 1 aromatic carbocycles. The van der Waals surface area contributed by atoms with E-state index in [2.05, 4.69) is 11.4 Å². The molecule has 0 spiro atoms. The summed E-state index contributed by atoms with van der Waals surface area (Å²) < 4.78 is 24.5. The van der Waals surface area contributed by atoms with Crippen LogP contribution in [0.3, 0.4) is 0 Å². The van der Waals surface area contributed by atoms with Gasteiger partial charge in [-0.25, -0.2) is 13.6 Å². The van der Waals surface area contributed by atoms with E-state index in [1.165, 1.54) is 12.1 Å². The molecular weight excluding hydrogens is 288 g/mol. The summed E-state index contributed by atoms with van der Waals surface area (Å²) in [4.78, 5) is 0.0707. The van der Waals surface area contributed by atoms with Gasteiger partial charge in [0.25, 0.3) is 0 Å². The van der Waals surface area contributed by atoms with Crippen molar-refractivity contribution in [2.24, 2.45) is 12.2 Å². The molecule has 21 heavy (non-hydrogen) atoms. The Kier molecular flexibility index (Phi) is 4.02. The average Bonchev–Trinajstić information content (AvgIpc) is 2.77. The van der Waals surface area contributed by atoms with Crippen molar-refractivity contribution in [2.75, 3.05) is 5.32 Å². The number of nitrogens with one attached hydrogen (secondary N) is 1. The van der Waals surface area contributed by atoms with E-state index >= 15 is 0 Å². The van der Waals surface area contributed by atoms with Crippen LogP contribution in [0.15, 0.2) is 35.4 Å². The summed E-state index contributed by atoms with van der Waals surface area (Å²) >= 11 is 0. The molecule has 0 fully saturated rings. The van der Waals surface area contributed by atoms with E-state index in [0.29, 0.717) is 17.9 Å². The normalized spacial score (nSPS) is 11.1. The van der Waals surface area contributed by atoms with Crippen molar-refractivity contribution in [2.45, 2.75) is 18.4 Å². The van der Waals surface area contributed by atoms with Crippen molar-refractivity contribution in [1.29, 1.82) is 5.26 Å². The Morgan fingerprint density at radius 1 is 1.38 bits per heavy atom. The summed E-state index contributed by atoms with van der Waals surface area (Å²) in [7, 11) is -1.92. The van der Waals surface area contributed by atoms with Gasteiger partial charge < -0.3 is 9.88 Å². The SMILES string of the molecule is Cc1ccc(S(N)(=O)=O)cc1NCc1cc(C#N)n(C)c1. The predicted molar refractivity (Wildman–Crippen MR) is 80.0 cm³/mol. The molecule has 0 saturated carbocycles. The van der Waals surface area contributed by atoms with E-state index in [0.717, 1.165) is 11.1 Å². The number of hydrogen-bond donors (Lipinski definition) is 2. The molecule has 3 N–H and O–H groups in total. The molecule has 2 rings (SSSR count). The number of aromatic nitrogens is 1. The molecule has 6 nitrogen and oxygen atoms in total. The van der Waals surface area contributed by atoms with Crippen LogP contribution >= 0.6 is 0 Å². The minimum absolute atomic E-state index is 0.0707. The topological polar surface area (TPSA) is 101 Å². The summed E-state index contributed by atoms with van der Waals surface area (Å²) in [5, 5.41) is 17.2. The van der Waals surface area contributed by atoms with Crippen LogP contribution < -0.4 is 10.5 Å². The molecule has 0 saturated heterocycles. The van der Waals surface area contributed by atoms with Crippen LogP contribution in [0.4, 0.5) is 5.69 Å². The van der Waals surface area contributed by atoms with Crippen molar-refractivity contribution in [3.8, 4) is 6.07 Å². The molecule has 0 amide bonds. The lowest BCUT2D eigenvalue weighted by molar-refractivity contribution is 0.598. The first-order chi connectivity index (χ1) is 9.81. The largest absolute Gasteiger partial charge is 0.381 e. The Bertz CT molecular complexity index is 816. The highest BCUT2D eigenvalue weighted by molar-refractivity contribution is 7.89. The van der Waals surface area contributed by atoms with Crippen molar-refractivity contribution < 1.29 is 8.42 Å². The quantitative estimate of drug-likeness (QED) is 0.893. The van der Waals surface area contributed by atoms with Gasteiger partial charge in [0.15, 0.2) is 0 Å². The smallest absolute Gasteiger partial charge is 0.238 e. The third-order valence-electron chi connectivity index (χ3n) is 3.20. The predicted octanol–water partition coefficient (Wildman–Crippen LogP) is 1.46. The molecule has 0 unspecified atom stereocenters. The lowest BCUT2D eigenvalue weighted by Gasteiger charge is -2.10. The standard InChI is InChI=1S/C14H16N4O2S/c1-10-3-4-13(21(16,19)20)6-14(10)17-8-11-5-12(7-15)18(2)9-11/h3-6,9,17H,8H2,1-2H3,(H2,16,19,20). The van der Waals surface area contributed by atoms with Crippen LogP contribution in [0.1, 0.15) is 16.8 Å². The van der Waals surface area contributed by atoms with Gasteiger partial charge in [-0.1, -0.05) is 6.07 Å². The van der Waals surface area contributed by atoms with Crippen molar-refractivity contribution in [3.63, 3.8) is 0 Å². The zero-order chi connectivity index (χ0) is 15.6. The third-order valence-corrected chi connectivity index (χ3v) is 4.11. The number of nitriles is 1. The monoisotopic (exact) mass is 304 g/mol. The highest BCUT2D eigenvalue weighted by Crippen LogP contribution is 2.20. The van der Waals surface area contributed by atoms with Crippen LogP contribution in [0.5, 0.6) is 0 Å². The van der Waals surface area contributed by atoms with Crippen molar-refractivity contribution >= 4 is 15.7 Å². The molecule has 1 aromatic heterocycles. The second-order valence-corrected chi connectivity index (χ2v) is 6.39. The molecule has 1 heterocycles. The van der Waals surface area contributed by atoms with E-state index in [1.807, 2.05) is 13.1 Å². The van der Waals surface area contributed by atoms with Gasteiger partial charge in [-0.2, -0.15) is 5.26 Å². The highest BCUT2D eigenvalue weighted by atomic mass is 32.2. The number of hydrogen-bond acceptors (Lipinski definition) is 4. The molecule has 0 bridgehead atoms. The van der Waals surface area contributed by atoms with Gasteiger partial charge in [0.05, 0.1) is 4.90 Å². The number of anilines is 1. The first kappa shape index (κ1) is 15.1. The molecule has 0 atom stereocenters. The lowest BCUT2D eigenvalue weighted by atomic mass is 10.2. The van der Waals surface area contributed by atoms with Crippen LogP contribution in [0, 0.1) is 18.3 Å². The maximum absolute atomic E-state index is 11.4. The first-order valence-corrected chi connectivity index (χ1v) is 7.78. The molecule has 7 heteroatoms. The minimum Gasteiger partial charge on any atom is -0.381 e. The summed E-state index contributed by atoms with van der Waals surface area (Å²) in [6.45, 7) is 2.37. The first-order valence-electron chi connectivity index (χ1n) is 6.24. The van der Waals surface area contributed by atoms with E-state index in [4.69, 9.17) is 10.4 Å². The Morgan fingerprint density at radius 3 is 2.67 bits per heavy atom. The Hall–Kier alpha value is -2.30. The fraction of sp³-hybridized carbons (Fsp3) is 0.214. The van der Waals surface area contributed by atoms with Gasteiger partial charge in [-0.3, -0.25) is 0 Å². The molecule has 2 aromatic rings. The average molecular weight is 304 g/mol. The maximum Gasteiger partial charge on any atom is 0.238 e. The molecule has 0 aliphatic carbocycles. The van der Waals surface area contributed by atoms with E-state index in [9.17, 15) is 8.42 Å². The van der Waals surface area contributed by atoms with Crippen LogP contribution in [0.25, 0.3) is 0 Å². The van der Waals surface area contributed by atoms with Crippen LogP contribution in [0.2, 0.25) is 0 Å². The van der Waals surface area contributed by atoms with E-state index in [-0.39, 0.29) is 4.90 Å². The number of nitrogens with two attached hydrogens (primary N) is 1. The maximum atomic E-state index is 11.4. The Labute approximate surface area is 123 Å². The van der Waals surface area contributed by atoms with Gasteiger partial charge in [-0.15, -0.1) is 0 Å². The van der Waals surface area contributed by atoms with Crippen LogP contribution in [-0.2, 0) is 23.6 Å². The van der Waals surface area contributed by atoms with Crippen molar-refractivity contribution in [3.05, 3.63) is 47.3 Å². The number of primary sulfonamides is 1. The lowest BCUT2D eigenvalue weighted by Crippen LogP contribution is -2.12. The number of nitrogens with zero attached hydrogens (tertiary/aromatic N) is 2. The van der Waals surface area contributed by atoms with E-state index < -0.39 is 10.0 Å². The number of aryl methyl sites for hydroxylation is 2. The Morgan fingerprint density at radius 2 is 2.10 bits per heavy atom. The summed E-state index contributed by atoms with van der Waals surface area (Å²) in [6, 6.07) is 8.57. The fourth-order valence-electron chi connectivity index (χ4n) is 2.01. The zero-order valence-electron chi connectivity index (χ0n) is 11.8. The number of benzene rings is 1. The molecule has 0 radical (unpaired) electrons. The molecule has 110 valence electrons. The molecule has 0 aliphatic rings. The van der Waals surface area contributed by atoms with Gasteiger partial charge in [0.2, 0.25) is 10.0 Å². The molecular formula is C14H16N4O2S. The fourth-order valence-corrected chi connectivity index (χ4v) is 2.55. The zero-order valence-corrected chi connectivity index (χ0v) is 12.6. The summed E-state index contributed by atoms with van der Waals surface area (Å²) in [6.07, 6.45) is 1.85. The summed E-state index contributed by atoms with van der Waals surface area (Å²) in [5.41, 5.74) is 3.12. The minimum atomic E-state index is -3.72. The third kappa shape index (κ3) is 3.42. The van der Waals surface area contributed by atoms with Crippen LogP contribution in [-0.4, -0.2) is 13.0 Å². The molecule has 0 aliphatic heterocycles. The van der Waals surface area contributed by atoms with E-state index in [1.54, 1.807) is 23.7 Å². The second kappa shape index (κ2) is 5.60. The van der Waals surface area contributed by atoms with Gasteiger partial charge in [0.1, 0.15) is 11.8 Å². The van der Waals surface area contributed by atoms with Gasteiger partial charge >= 0.3 is 0 Å². The Balaban J connectivity index is 2.21. The van der Waals surface area contributed by atoms with Gasteiger partial charge in [-0.05, 0) is 36.2 Å². The number of sulfonamides is 1. The summed E-state index contributed by atoms with van der Waals surface area (Å²) in [5.74, 6) is 0.